The molecule has 3 aromatic rings. The maximum Gasteiger partial charge on any atom is 0.430 e. The van der Waals surface area contributed by atoms with Crippen molar-refractivity contribution in [2.45, 2.75) is 57.4 Å². The van der Waals surface area contributed by atoms with E-state index < -0.39 is 23.5 Å². The van der Waals surface area contributed by atoms with Crippen LogP contribution in [0.25, 0.3) is 11.1 Å². The number of halogens is 6. The topological polar surface area (TPSA) is 65.9 Å². The van der Waals surface area contributed by atoms with Gasteiger partial charge < -0.3 is 9.84 Å². The summed E-state index contributed by atoms with van der Waals surface area (Å²) in [5, 5.41) is 9.66. The van der Waals surface area contributed by atoms with Crippen LogP contribution >= 0.6 is 0 Å². The van der Waals surface area contributed by atoms with Gasteiger partial charge >= 0.3 is 18.3 Å². The SMILES string of the molecule is CCOC(=O)C[C@@H]1CN(Cc2ccc(-c3ccc(C(O)(C(F)(F)F)C(F)(F)F)cc3)c(C)c2)CCN1Cc1ccncc1. The number of piperazine rings is 1. The number of pyridine rings is 1. The number of aliphatic hydroxyl groups is 1. The van der Waals surface area contributed by atoms with Crippen molar-refractivity contribution >= 4 is 5.97 Å². The van der Waals surface area contributed by atoms with Crippen LogP contribution in [-0.4, -0.2) is 70.5 Å². The molecular formula is C31H33F6N3O3. The Morgan fingerprint density at radius 2 is 1.58 bits per heavy atom. The zero-order valence-corrected chi connectivity index (χ0v) is 23.8. The van der Waals surface area contributed by atoms with Crippen molar-refractivity contribution in [3.8, 4) is 11.1 Å². The van der Waals surface area contributed by atoms with Gasteiger partial charge in [0.1, 0.15) is 0 Å². The molecule has 1 aromatic heterocycles. The highest BCUT2D eigenvalue weighted by Crippen LogP contribution is 2.50. The van der Waals surface area contributed by atoms with E-state index in [-0.39, 0.29) is 18.4 Å². The lowest BCUT2D eigenvalue weighted by Gasteiger charge is -2.41. The van der Waals surface area contributed by atoms with Gasteiger partial charge in [-0.3, -0.25) is 19.6 Å². The Bertz CT molecular complexity index is 1370. The average molecular weight is 610 g/mol. The number of hydrogen-bond acceptors (Lipinski definition) is 6. The van der Waals surface area contributed by atoms with Gasteiger partial charge in [0, 0.05) is 56.7 Å². The van der Waals surface area contributed by atoms with Crippen LogP contribution in [-0.2, 0) is 28.2 Å². The highest BCUT2D eigenvalue weighted by Gasteiger charge is 2.71. The largest absolute Gasteiger partial charge is 0.466 e. The lowest BCUT2D eigenvalue weighted by atomic mass is 9.90. The summed E-state index contributed by atoms with van der Waals surface area (Å²) in [4.78, 5) is 20.9. The molecule has 2 heterocycles. The van der Waals surface area contributed by atoms with Gasteiger partial charge in [-0.1, -0.05) is 42.5 Å². The number of aromatic nitrogens is 1. The number of hydrogen-bond donors (Lipinski definition) is 1. The second-order valence-electron chi connectivity index (χ2n) is 10.7. The van der Waals surface area contributed by atoms with Crippen molar-refractivity contribution in [1.29, 1.82) is 0 Å². The normalized spacial score (nSPS) is 17.2. The molecule has 0 amide bonds. The van der Waals surface area contributed by atoms with E-state index in [0.717, 1.165) is 41.9 Å². The van der Waals surface area contributed by atoms with E-state index >= 15 is 0 Å². The van der Waals surface area contributed by atoms with Crippen LogP contribution in [0.1, 0.15) is 35.6 Å². The fourth-order valence-electron chi connectivity index (χ4n) is 5.42. The molecule has 43 heavy (non-hydrogen) atoms. The van der Waals surface area contributed by atoms with E-state index in [0.29, 0.717) is 49.5 Å². The van der Waals surface area contributed by atoms with Gasteiger partial charge in [0.25, 0.3) is 5.60 Å². The Labute approximate surface area is 245 Å². The van der Waals surface area contributed by atoms with Crippen LogP contribution in [0, 0.1) is 6.92 Å². The van der Waals surface area contributed by atoms with E-state index in [1.807, 2.05) is 31.2 Å². The van der Waals surface area contributed by atoms with E-state index in [2.05, 4.69) is 14.8 Å². The predicted molar refractivity (Wildman–Crippen MR) is 148 cm³/mol. The molecule has 0 aliphatic carbocycles. The summed E-state index contributed by atoms with van der Waals surface area (Å²) in [6, 6.07) is 13.0. The maximum atomic E-state index is 13.2. The van der Waals surface area contributed by atoms with Gasteiger partial charge in [0.05, 0.1) is 13.0 Å². The number of carbonyl (C=O) groups excluding carboxylic acids is 1. The van der Waals surface area contributed by atoms with Crippen LogP contribution in [0.2, 0.25) is 0 Å². The van der Waals surface area contributed by atoms with Gasteiger partial charge in [-0.05, 0) is 53.8 Å². The summed E-state index contributed by atoms with van der Waals surface area (Å²) in [6.45, 7) is 7.28. The number of carbonyl (C=O) groups is 1. The van der Waals surface area contributed by atoms with Crippen molar-refractivity contribution in [2.24, 2.45) is 0 Å². The van der Waals surface area contributed by atoms with Gasteiger partial charge in [-0.25, -0.2) is 0 Å². The van der Waals surface area contributed by atoms with E-state index in [1.54, 1.807) is 25.4 Å². The highest BCUT2D eigenvalue weighted by molar-refractivity contribution is 5.70. The smallest absolute Gasteiger partial charge is 0.430 e. The molecule has 1 aliphatic rings. The van der Waals surface area contributed by atoms with Crippen molar-refractivity contribution in [2.75, 3.05) is 26.2 Å². The summed E-state index contributed by atoms with van der Waals surface area (Å²) in [7, 11) is 0. The molecule has 2 aromatic carbocycles. The Balaban J connectivity index is 1.48. The summed E-state index contributed by atoms with van der Waals surface area (Å²) < 4.78 is 84.7. The maximum absolute atomic E-state index is 13.2. The molecule has 12 heteroatoms. The molecule has 0 unspecified atom stereocenters. The number of nitrogens with zero attached hydrogens (tertiary/aromatic N) is 3. The highest BCUT2D eigenvalue weighted by atomic mass is 19.4. The third-order valence-corrected chi connectivity index (χ3v) is 7.66. The average Bonchev–Trinajstić information content (AvgIpc) is 2.94. The van der Waals surface area contributed by atoms with Crippen LogP contribution in [0.15, 0.2) is 67.0 Å². The van der Waals surface area contributed by atoms with Crippen molar-refractivity contribution < 1.29 is 41.0 Å². The van der Waals surface area contributed by atoms with Gasteiger partial charge in [0.2, 0.25) is 0 Å². The van der Waals surface area contributed by atoms with E-state index in [9.17, 15) is 36.2 Å². The summed E-state index contributed by atoms with van der Waals surface area (Å²) in [5.41, 5.74) is -2.36. The Morgan fingerprint density at radius 1 is 0.930 bits per heavy atom. The van der Waals surface area contributed by atoms with E-state index in [4.69, 9.17) is 4.74 Å². The fraction of sp³-hybridized carbons (Fsp3) is 0.419. The van der Waals surface area contributed by atoms with Gasteiger partial charge in [-0.15, -0.1) is 0 Å². The molecule has 1 fully saturated rings. The molecule has 1 atom stereocenters. The monoisotopic (exact) mass is 609 g/mol. The van der Waals surface area contributed by atoms with Crippen LogP contribution in [0.5, 0.6) is 0 Å². The zero-order chi connectivity index (χ0) is 31.4. The third kappa shape index (κ3) is 7.36. The molecule has 0 saturated carbocycles. The van der Waals surface area contributed by atoms with Crippen LogP contribution in [0.4, 0.5) is 26.3 Å². The van der Waals surface area contributed by atoms with E-state index in [1.165, 1.54) is 0 Å². The lowest BCUT2D eigenvalue weighted by Crippen LogP contribution is -2.53. The predicted octanol–water partition coefficient (Wildman–Crippen LogP) is 6.01. The molecule has 232 valence electrons. The second kappa shape index (κ2) is 13.0. The first kappa shape index (κ1) is 32.4. The Morgan fingerprint density at radius 3 is 2.16 bits per heavy atom. The number of rotatable bonds is 9. The first-order valence-corrected chi connectivity index (χ1v) is 13.8. The first-order valence-electron chi connectivity index (χ1n) is 13.8. The molecule has 1 saturated heterocycles. The van der Waals surface area contributed by atoms with Crippen molar-refractivity contribution in [1.82, 2.24) is 14.8 Å². The molecule has 6 nitrogen and oxygen atoms in total. The van der Waals surface area contributed by atoms with Crippen LogP contribution in [0.3, 0.4) is 0 Å². The number of aryl methyl sites for hydroxylation is 1. The molecule has 0 bridgehead atoms. The summed E-state index contributed by atoms with van der Waals surface area (Å²) in [6.07, 6.45) is -8.16. The quantitative estimate of drug-likeness (QED) is 0.237. The first-order chi connectivity index (χ1) is 20.2. The minimum atomic E-state index is -5.94. The van der Waals surface area contributed by atoms with Crippen LogP contribution < -0.4 is 0 Å². The number of esters is 1. The zero-order valence-electron chi connectivity index (χ0n) is 23.8. The van der Waals surface area contributed by atoms with Crippen molar-refractivity contribution in [3.63, 3.8) is 0 Å². The molecule has 0 spiro atoms. The molecule has 1 N–H and O–H groups in total. The Hall–Kier alpha value is -3.48. The molecular weight excluding hydrogens is 576 g/mol. The Kier molecular flexibility index (Phi) is 9.83. The fourth-order valence-corrected chi connectivity index (χ4v) is 5.42. The molecule has 4 rings (SSSR count). The summed E-state index contributed by atoms with van der Waals surface area (Å²) >= 11 is 0. The molecule has 0 radical (unpaired) electrons. The second-order valence-corrected chi connectivity index (χ2v) is 10.7. The third-order valence-electron chi connectivity index (χ3n) is 7.66. The minimum Gasteiger partial charge on any atom is -0.466 e. The van der Waals surface area contributed by atoms with Crippen molar-refractivity contribution in [3.05, 3.63) is 89.2 Å². The van der Waals surface area contributed by atoms with Gasteiger partial charge in [-0.2, -0.15) is 26.3 Å². The summed E-state index contributed by atoms with van der Waals surface area (Å²) in [5.74, 6) is -0.260. The standard InChI is InChI=1S/C31H33F6N3O3/c1-3-43-28(41)17-26-20-39(14-15-40(26)19-22-10-12-38-13-11-22)18-23-4-9-27(21(2)16-23)24-5-7-25(8-6-24)29(42,30(32,33)34)31(35,36)37/h4-13,16,26,42H,3,14-15,17-20H2,1-2H3/t26-/m1/s1. The number of ether oxygens (including phenoxy) is 1. The molecule has 1 aliphatic heterocycles. The van der Waals surface area contributed by atoms with Gasteiger partial charge in [0.15, 0.2) is 0 Å². The number of alkyl halides is 6. The lowest BCUT2D eigenvalue weighted by molar-refractivity contribution is -0.376. The number of benzene rings is 2. The minimum absolute atomic E-state index is 0.0631.